The molecule has 160 valence electrons. The van der Waals surface area contributed by atoms with Gasteiger partial charge in [-0.3, -0.25) is 4.79 Å². The average Bonchev–Trinajstić information content (AvgIpc) is 3.13. The van der Waals surface area contributed by atoms with Crippen molar-refractivity contribution in [3.63, 3.8) is 0 Å². The number of aromatic nitrogens is 1. The lowest BCUT2D eigenvalue weighted by atomic mass is 9.39. The van der Waals surface area contributed by atoms with Crippen molar-refractivity contribution in [2.45, 2.75) is 47.8 Å². The summed E-state index contributed by atoms with van der Waals surface area (Å²) < 4.78 is 28.9. The van der Waals surface area contributed by atoms with Gasteiger partial charge in [-0.15, -0.1) is 11.3 Å². The molecule has 1 N–H and O–H groups in total. The Morgan fingerprint density at radius 3 is 2.45 bits per heavy atom. The van der Waals surface area contributed by atoms with Gasteiger partial charge in [0.2, 0.25) is 0 Å². The minimum absolute atomic E-state index is 0.0770. The van der Waals surface area contributed by atoms with E-state index in [1.54, 1.807) is 23.5 Å². The minimum atomic E-state index is -3.27. The van der Waals surface area contributed by atoms with Crippen molar-refractivity contribution in [1.29, 1.82) is 0 Å². The summed E-state index contributed by atoms with van der Waals surface area (Å²) in [6, 6.07) is 13.5. The van der Waals surface area contributed by atoms with Crippen LogP contribution < -0.4 is 5.32 Å². The van der Waals surface area contributed by atoms with E-state index in [2.05, 4.69) is 22.4 Å². The van der Waals surface area contributed by atoms with E-state index in [1.807, 2.05) is 24.4 Å². The van der Waals surface area contributed by atoms with Crippen LogP contribution in [0, 0.1) is 0 Å². The standard InChI is InChI=1S/C23H22N2O4S2/c1-31(27,28)23(9-10-23)18-8-7-16(29-18)19(26)25-22-12-21(13-22,14-22)20-24-11-17(30-20)15-5-3-2-4-6-15/h2-8,11H,9-10,12-14H2,1H3,(H,25,26). The highest BCUT2D eigenvalue weighted by atomic mass is 32.2. The number of carbonyl (C=O) groups excluding carboxylic acids is 1. The predicted octanol–water partition coefficient (Wildman–Crippen LogP) is 4.04. The first-order valence-corrected chi connectivity index (χ1v) is 13.1. The van der Waals surface area contributed by atoms with Crippen LogP contribution in [0.15, 0.2) is 53.1 Å². The maximum atomic E-state index is 12.8. The monoisotopic (exact) mass is 454 g/mol. The first kappa shape index (κ1) is 19.3. The van der Waals surface area contributed by atoms with E-state index in [4.69, 9.17) is 4.42 Å². The Bertz CT molecular complexity index is 1280. The van der Waals surface area contributed by atoms with E-state index < -0.39 is 14.6 Å². The zero-order chi connectivity index (χ0) is 21.5. The Balaban J connectivity index is 1.13. The lowest BCUT2D eigenvalue weighted by Gasteiger charge is -2.69. The van der Waals surface area contributed by atoms with Crippen LogP contribution in [0.5, 0.6) is 0 Å². The number of furan rings is 1. The molecular weight excluding hydrogens is 432 g/mol. The van der Waals surface area contributed by atoms with Gasteiger partial charge in [-0.1, -0.05) is 30.3 Å². The molecule has 0 unspecified atom stereocenters. The summed E-state index contributed by atoms with van der Waals surface area (Å²) in [4.78, 5) is 18.6. The third-order valence-electron chi connectivity index (χ3n) is 7.12. The molecule has 7 rings (SSSR count). The molecule has 4 aliphatic rings. The fourth-order valence-electron chi connectivity index (χ4n) is 5.32. The Morgan fingerprint density at radius 1 is 1.10 bits per heavy atom. The highest BCUT2D eigenvalue weighted by Crippen LogP contribution is 2.68. The van der Waals surface area contributed by atoms with Gasteiger partial charge in [0.1, 0.15) is 10.5 Å². The topological polar surface area (TPSA) is 89.3 Å². The Labute approximate surface area is 184 Å². The number of nitrogens with one attached hydrogen (secondary N) is 1. The van der Waals surface area contributed by atoms with Crippen molar-refractivity contribution in [1.82, 2.24) is 10.3 Å². The largest absolute Gasteiger partial charge is 0.454 e. The molecule has 31 heavy (non-hydrogen) atoms. The summed E-state index contributed by atoms with van der Waals surface area (Å²) in [6.45, 7) is 0. The molecule has 4 saturated carbocycles. The van der Waals surface area contributed by atoms with Crippen LogP contribution in [-0.2, 0) is 20.0 Å². The molecule has 4 aliphatic carbocycles. The van der Waals surface area contributed by atoms with Crippen LogP contribution in [0.4, 0.5) is 0 Å². The van der Waals surface area contributed by atoms with Crippen LogP contribution in [0.1, 0.15) is 53.4 Å². The molecule has 2 heterocycles. The molecule has 0 saturated heterocycles. The zero-order valence-electron chi connectivity index (χ0n) is 17.1. The molecular formula is C23H22N2O4S2. The number of carbonyl (C=O) groups is 1. The lowest BCUT2D eigenvalue weighted by molar-refractivity contribution is -0.0812. The Morgan fingerprint density at radius 2 is 1.81 bits per heavy atom. The number of sulfone groups is 1. The van der Waals surface area contributed by atoms with Gasteiger partial charge in [0.05, 0.1) is 9.88 Å². The molecule has 1 amide bonds. The maximum absolute atomic E-state index is 12.8. The summed E-state index contributed by atoms with van der Waals surface area (Å²) in [7, 11) is -3.27. The van der Waals surface area contributed by atoms with Crippen molar-refractivity contribution in [2.75, 3.05) is 6.26 Å². The third kappa shape index (κ3) is 2.77. The van der Waals surface area contributed by atoms with Gasteiger partial charge in [0, 0.05) is 23.4 Å². The summed E-state index contributed by atoms with van der Waals surface area (Å²) in [6.07, 6.45) is 6.92. The van der Waals surface area contributed by atoms with Crippen molar-refractivity contribution >= 4 is 27.1 Å². The van der Waals surface area contributed by atoms with Gasteiger partial charge < -0.3 is 9.73 Å². The molecule has 6 nitrogen and oxygen atoms in total. The van der Waals surface area contributed by atoms with E-state index in [0.29, 0.717) is 18.6 Å². The molecule has 8 heteroatoms. The number of nitrogens with zero attached hydrogens (tertiary/aromatic N) is 1. The second kappa shape index (κ2) is 6.07. The number of amides is 1. The van der Waals surface area contributed by atoms with E-state index in [-0.39, 0.29) is 22.6 Å². The Hall–Kier alpha value is -2.45. The highest BCUT2D eigenvalue weighted by Gasteiger charge is 2.70. The van der Waals surface area contributed by atoms with Crippen LogP contribution in [0.3, 0.4) is 0 Å². The van der Waals surface area contributed by atoms with Gasteiger partial charge in [0.15, 0.2) is 15.6 Å². The van der Waals surface area contributed by atoms with Gasteiger partial charge in [-0.25, -0.2) is 13.4 Å². The molecule has 1 aromatic carbocycles. The van der Waals surface area contributed by atoms with E-state index in [0.717, 1.165) is 24.3 Å². The number of thiazole rings is 1. The van der Waals surface area contributed by atoms with E-state index >= 15 is 0 Å². The highest BCUT2D eigenvalue weighted by molar-refractivity contribution is 7.91. The maximum Gasteiger partial charge on any atom is 0.287 e. The lowest BCUT2D eigenvalue weighted by Crippen LogP contribution is -2.76. The quantitative estimate of drug-likeness (QED) is 0.607. The number of benzene rings is 1. The fourth-order valence-corrected chi connectivity index (χ4v) is 7.75. The molecule has 0 atom stereocenters. The molecule has 2 bridgehead atoms. The molecule has 4 fully saturated rings. The molecule has 0 aliphatic heterocycles. The summed E-state index contributed by atoms with van der Waals surface area (Å²) in [5.41, 5.74) is 1.06. The first-order valence-electron chi connectivity index (χ1n) is 10.4. The molecule has 3 aromatic rings. The molecule has 2 aromatic heterocycles. The van der Waals surface area contributed by atoms with Gasteiger partial charge >= 0.3 is 0 Å². The van der Waals surface area contributed by atoms with Crippen LogP contribution >= 0.6 is 11.3 Å². The zero-order valence-corrected chi connectivity index (χ0v) is 18.7. The van der Waals surface area contributed by atoms with Crippen molar-refractivity contribution in [2.24, 2.45) is 0 Å². The van der Waals surface area contributed by atoms with Gasteiger partial charge in [0.25, 0.3) is 5.91 Å². The van der Waals surface area contributed by atoms with Crippen molar-refractivity contribution in [3.8, 4) is 10.4 Å². The van der Waals surface area contributed by atoms with Crippen molar-refractivity contribution in [3.05, 3.63) is 65.2 Å². The van der Waals surface area contributed by atoms with E-state index in [1.165, 1.54) is 16.7 Å². The molecule has 0 radical (unpaired) electrons. The van der Waals surface area contributed by atoms with Crippen LogP contribution in [0.2, 0.25) is 0 Å². The summed E-state index contributed by atoms with van der Waals surface area (Å²) in [5.74, 6) is 0.294. The number of rotatable bonds is 6. The fraction of sp³-hybridized carbons (Fsp3) is 0.391. The van der Waals surface area contributed by atoms with Crippen LogP contribution in [0.25, 0.3) is 10.4 Å². The van der Waals surface area contributed by atoms with Crippen molar-refractivity contribution < 1.29 is 17.6 Å². The van der Waals surface area contributed by atoms with E-state index in [9.17, 15) is 13.2 Å². The summed E-state index contributed by atoms with van der Waals surface area (Å²) >= 11 is 1.74. The predicted molar refractivity (Wildman–Crippen MR) is 118 cm³/mol. The molecule has 0 spiro atoms. The SMILES string of the molecule is CS(=O)(=O)C1(c2ccc(C(=O)NC34CC(c5ncc(-c6ccccc6)s5)(C3)C4)o2)CC1. The number of hydrogen-bond acceptors (Lipinski definition) is 6. The van der Waals surface area contributed by atoms with Crippen LogP contribution in [-0.4, -0.2) is 31.1 Å². The second-order valence-corrected chi connectivity index (χ2v) is 12.7. The number of hydrogen-bond donors (Lipinski definition) is 1. The smallest absolute Gasteiger partial charge is 0.287 e. The second-order valence-electron chi connectivity index (χ2n) is 9.37. The Kier molecular flexibility index (Phi) is 3.77. The van der Waals surface area contributed by atoms with Gasteiger partial charge in [-0.05, 0) is 49.8 Å². The third-order valence-corrected chi connectivity index (χ3v) is 10.4. The normalized spacial score (nSPS) is 27.8. The average molecular weight is 455 g/mol. The minimum Gasteiger partial charge on any atom is -0.454 e. The first-order chi connectivity index (χ1) is 14.7. The van der Waals surface area contributed by atoms with Gasteiger partial charge in [-0.2, -0.15) is 0 Å². The summed E-state index contributed by atoms with van der Waals surface area (Å²) in [5, 5.41) is 4.27.